The van der Waals surface area contributed by atoms with Gasteiger partial charge in [-0.3, -0.25) is 4.79 Å². The monoisotopic (exact) mass is 443 g/mol. The molecule has 0 aliphatic rings. The molecular weight excluding hydrogens is 422 g/mol. The van der Waals surface area contributed by atoms with Gasteiger partial charge in [0.2, 0.25) is 21.7 Å². The first-order valence-corrected chi connectivity index (χ1v) is 11.0. The second-order valence-electron chi connectivity index (χ2n) is 7.47. The Labute approximate surface area is 178 Å². The average Bonchev–Trinajstić information content (AvgIpc) is 3.33. The van der Waals surface area contributed by atoms with Crippen molar-refractivity contribution in [1.29, 1.82) is 0 Å². The fourth-order valence-corrected chi connectivity index (χ4v) is 4.65. The normalized spacial score (nSPS) is 13.2. The highest BCUT2D eigenvalue weighted by atomic mass is 32.2. The van der Waals surface area contributed by atoms with Crippen LogP contribution in [0.2, 0.25) is 0 Å². The Balaban J connectivity index is 1.74. The molecule has 10 heteroatoms. The lowest BCUT2D eigenvalue weighted by atomic mass is 10.1. The van der Waals surface area contributed by atoms with Gasteiger partial charge >= 0.3 is 5.97 Å². The van der Waals surface area contributed by atoms with Crippen molar-refractivity contribution < 1.29 is 26.9 Å². The number of methoxy groups -OCH3 is 1. The second-order valence-corrected chi connectivity index (χ2v) is 9.19. The van der Waals surface area contributed by atoms with E-state index in [1.165, 1.54) is 19.2 Å². The number of rotatable bonds is 6. The molecular formula is C21H21N3O6S. The first-order valence-electron chi connectivity index (χ1n) is 9.57. The molecule has 0 saturated heterocycles. The zero-order valence-electron chi connectivity index (χ0n) is 17.4. The van der Waals surface area contributed by atoms with Crippen molar-refractivity contribution in [1.82, 2.24) is 14.9 Å². The molecule has 4 aromatic rings. The van der Waals surface area contributed by atoms with Crippen LogP contribution in [0.25, 0.3) is 33.3 Å². The number of fused-ring (bicyclic) bond motifs is 3. The molecule has 0 saturated carbocycles. The molecule has 0 radical (unpaired) electrons. The van der Waals surface area contributed by atoms with Gasteiger partial charge < -0.3 is 13.7 Å². The summed E-state index contributed by atoms with van der Waals surface area (Å²) >= 11 is 0. The van der Waals surface area contributed by atoms with E-state index in [-0.39, 0.29) is 10.8 Å². The SMILES string of the molecule is COC(=O)[C@@H](NS(=O)(=O)c1ccc2c(c1)oc1ccc(-c3noc(C)n3)cc12)C(C)C. The summed E-state index contributed by atoms with van der Waals surface area (Å²) in [6.07, 6.45) is 0. The Hall–Kier alpha value is -3.24. The Kier molecular flexibility index (Phi) is 5.28. The maximum Gasteiger partial charge on any atom is 0.324 e. The fourth-order valence-electron chi connectivity index (χ4n) is 3.30. The van der Waals surface area contributed by atoms with Gasteiger partial charge in [0.25, 0.3) is 0 Å². The number of carbonyl (C=O) groups is 1. The number of aryl methyl sites for hydroxylation is 1. The Morgan fingerprint density at radius 3 is 2.52 bits per heavy atom. The third-order valence-corrected chi connectivity index (χ3v) is 6.38. The molecule has 0 bridgehead atoms. The van der Waals surface area contributed by atoms with Crippen molar-refractivity contribution in [3.63, 3.8) is 0 Å². The number of benzene rings is 2. The summed E-state index contributed by atoms with van der Waals surface area (Å²) < 4.78 is 43.8. The highest BCUT2D eigenvalue weighted by molar-refractivity contribution is 7.89. The van der Waals surface area contributed by atoms with Gasteiger partial charge in [-0.1, -0.05) is 19.0 Å². The van der Waals surface area contributed by atoms with Crippen LogP contribution in [-0.2, 0) is 19.6 Å². The number of hydrogen-bond donors (Lipinski definition) is 1. The molecule has 0 amide bonds. The van der Waals surface area contributed by atoms with Crippen LogP contribution < -0.4 is 4.72 Å². The Morgan fingerprint density at radius 1 is 1.10 bits per heavy atom. The molecule has 0 spiro atoms. The summed E-state index contributed by atoms with van der Waals surface area (Å²) in [6.45, 7) is 5.17. The number of carbonyl (C=O) groups excluding carboxylic acids is 1. The van der Waals surface area contributed by atoms with E-state index in [2.05, 4.69) is 14.9 Å². The van der Waals surface area contributed by atoms with Crippen molar-refractivity contribution in [2.45, 2.75) is 31.7 Å². The summed E-state index contributed by atoms with van der Waals surface area (Å²) in [5, 5.41) is 5.46. The third kappa shape index (κ3) is 3.91. The fraction of sp³-hybridized carbons (Fsp3) is 0.286. The third-order valence-electron chi connectivity index (χ3n) is 4.94. The van der Waals surface area contributed by atoms with E-state index in [0.717, 1.165) is 16.3 Å². The first-order chi connectivity index (χ1) is 14.7. The largest absolute Gasteiger partial charge is 0.468 e. The van der Waals surface area contributed by atoms with Crippen LogP contribution in [0.1, 0.15) is 19.7 Å². The van der Waals surface area contributed by atoms with Crippen molar-refractivity contribution in [2.24, 2.45) is 5.92 Å². The van der Waals surface area contributed by atoms with E-state index >= 15 is 0 Å². The van der Waals surface area contributed by atoms with E-state index in [0.29, 0.717) is 22.9 Å². The molecule has 9 nitrogen and oxygen atoms in total. The number of nitrogens with zero attached hydrogens (tertiary/aromatic N) is 2. The van der Waals surface area contributed by atoms with Crippen LogP contribution in [0.3, 0.4) is 0 Å². The number of aromatic nitrogens is 2. The van der Waals surface area contributed by atoms with Crippen molar-refractivity contribution in [2.75, 3.05) is 7.11 Å². The molecule has 0 aliphatic heterocycles. The zero-order chi connectivity index (χ0) is 22.3. The maximum absolute atomic E-state index is 12.9. The first kappa shape index (κ1) is 21.0. The minimum absolute atomic E-state index is 0.0115. The van der Waals surface area contributed by atoms with E-state index in [9.17, 15) is 13.2 Å². The maximum atomic E-state index is 12.9. The average molecular weight is 443 g/mol. The van der Waals surface area contributed by atoms with Crippen LogP contribution in [0.15, 0.2) is 50.2 Å². The minimum Gasteiger partial charge on any atom is -0.468 e. The van der Waals surface area contributed by atoms with Gasteiger partial charge in [-0.2, -0.15) is 9.71 Å². The molecule has 2 heterocycles. The van der Waals surface area contributed by atoms with Gasteiger partial charge in [0.1, 0.15) is 17.2 Å². The lowest BCUT2D eigenvalue weighted by molar-refractivity contribution is -0.143. The standard InChI is InChI=1S/C21H21N3O6S/c1-11(2)19(21(25)28-4)24-31(26,27)14-6-7-15-16-9-13(20-22-12(3)30-23-20)5-8-17(16)29-18(15)10-14/h5-11,19,24H,1-4H3/t19-/m0/s1. The second kappa shape index (κ2) is 7.78. The number of furan rings is 1. The van der Waals surface area contributed by atoms with Gasteiger partial charge in [0.15, 0.2) is 0 Å². The van der Waals surface area contributed by atoms with Crippen LogP contribution in [0, 0.1) is 12.8 Å². The van der Waals surface area contributed by atoms with Crippen LogP contribution in [0.4, 0.5) is 0 Å². The molecule has 0 aliphatic carbocycles. The summed E-state index contributed by atoms with van der Waals surface area (Å²) in [5.74, 6) is -0.0159. The predicted molar refractivity (Wildman–Crippen MR) is 113 cm³/mol. The number of hydrogen-bond acceptors (Lipinski definition) is 8. The summed E-state index contributed by atoms with van der Waals surface area (Å²) in [6, 6.07) is 9.02. The summed E-state index contributed by atoms with van der Waals surface area (Å²) in [5.41, 5.74) is 1.75. The van der Waals surface area contributed by atoms with Crippen LogP contribution in [-0.4, -0.2) is 37.7 Å². The lowest BCUT2D eigenvalue weighted by Gasteiger charge is -2.19. The highest BCUT2D eigenvalue weighted by Crippen LogP contribution is 2.33. The molecule has 2 aromatic heterocycles. The molecule has 4 rings (SSSR count). The van der Waals surface area contributed by atoms with Gasteiger partial charge in [-0.25, -0.2) is 8.42 Å². The van der Waals surface area contributed by atoms with Gasteiger partial charge in [0.05, 0.1) is 12.0 Å². The van der Waals surface area contributed by atoms with Crippen molar-refractivity contribution in [3.05, 3.63) is 42.3 Å². The molecule has 1 atom stereocenters. The van der Waals surface area contributed by atoms with Crippen LogP contribution >= 0.6 is 0 Å². The van der Waals surface area contributed by atoms with Crippen LogP contribution in [0.5, 0.6) is 0 Å². The number of ether oxygens (including phenoxy) is 1. The Morgan fingerprint density at radius 2 is 1.87 bits per heavy atom. The molecule has 1 N–H and O–H groups in total. The number of esters is 1. The van der Waals surface area contributed by atoms with Gasteiger partial charge in [0, 0.05) is 29.3 Å². The van der Waals surface area contributed by atoms with E-state index in [4.69, 9.17) is 13.7 Å². The van der Waals surface area contributed by atoms with E-state index < -0.39 is 22.0 Å². The smallest absolute Gasteiger partial charge is 0.324 e. The van der Waals surface area contributed by atoms with E-state index in [1.54, 1.807) is 39.0 Å². The summed E-state index contributed by atoms with van der Waals surface area (Å²) in [7, 11) is -2.76. The van der Waals surface area contributed by atoms with Crippen molar-refractivity contribution in [3.8, 4) is 11.4 Å². The highest BCUT2D eigenvalue weighted by Gasteiger charge is 2.29. The number of sulfonamides is 1. The lowest BCUT2D eigenvalue weighted by Crippen LogP contribution is -2.44. The molecule has 162 valence electrons. The van der Waals surface area contributed by atoms with Gasteiger partial charge in [-0.05, 0) is 36.2 Å². The van der Waals surface area contributed by atoms with E-state index in [1.807, 2.05) is 6.07 Å². The molecule has 31 heavy (non-hydrogen) atoms. The molecule has 0 fully saturated rings. The summed E-state index contributed by atoms with van der Waals surface area (Å²) in [4.78, 5) is 16.2. The zero-order valence-corrected chi connectivity index (χ0v) is 18.2. The molecule has 2 aromatic carbocycles. The minimum atomic E-state index is -3.98. The Bertz CT molecular complexity index is 1390. The number of nitrogens with one attached hydrogen (secondary N) is 1. The quantitative estimate of drug-likeness (QED) is 0.450. The predicted octanol–water partition coefficient (Wildman–Crippen LogP) is 3.42. The topological polar surface area (TPSA) is 125 Å². The molecule has 0 unspecified atom stereocenters. The van der Waals surface area contributed by atoms with Crippen molar-refractivity contribution >= 4 is 37.9 Å². The van der Waals surface area contributed by atoms with Gasteiger partial charge in [-0.15, -0.1) is 0 Å².